The SMILES string of the molecule is Cc1nc(NC(C)CCCO)c2ccc(Cl)cc2n1. The summed E-state index contributed by atoms with van der Waals surface area (Å²) >= 11 is 5.99. The number of aliphatic hydroxyl groups is 1. The molecule has 5 heteroatoms. The summed E-state index contributed by atoms with van der Waals surface area (Å²) in [6, 6.07) is 5.86. The van der Waals surface area contributed by atoms with Crippen molar-refractivity contribution in [3.63, 3.8) is 0 Å². The summed E-state index contributed by atoms with van der Waals surface area (Å²) in [4.78, 5) is 8.84. The molecule has 2 rings (SSSR count). The normalized spacial score (nSPS) is 12.6. The molecule has 1 aromatic carbocycles. The maximum absolute atomic E-state index is 8.86. The first-order valence-electron chi connectivity index (χ1n) is 6.41. The molecule has 2 aromatic rings. The molecule has 0 bridgehead atoms. The lowest BCUT2D eigenvalue weighted by Gasteiger charge is -2.16. The van der Waals surface area contributed by atoms with E-state index in [-0.39, 0.29) is 12.6 Å². The van der Waals surface area contributed by atoms with E-state index in [1.807, 2.05) is 25.1 Å². The van der Waals surface area contributed by atoms with Gasteiger partial charge in [0.05, 0.1) is 5.52 Å². The summed E-state index contributed by atoms with van der Waals surface area (Å²) in [5.74, 6) is 1.54. The van der Waals surface area contributed by atoms with Crippen LogP contribution in [-0.2, 0) is 0 Å². The molecule has 4 nitrogen and oxygen atoms in total. The number of aliphatic hydroxyl groups excluding tert-OH is 1. The van der Waals surface area contributed by atoms with E-state index in [0.717, 1.165) is 29.6 Å². The van der Waals surface area contributed by atoms with E-state index >= 15 is 0 Å². The van der Waals surface area contributed by atoms with Gasteiger partial charge in [-0.15, -0.1) is 0 Å². The first-order chi connectivity index (χ1) is 9.10. The van der Waals surface area contributed by atoms with Crippen molar-refractivity contribution in [2.24, 2.45) is 0 Å². The van der Waals surface area contributed by atoms with E-state index < -0.39 is 0 Å². The van der Waals surface area contributed by atoms with Gasteiger partial charge in [0.25, 0.3) is 0 Å². The Morgan fingerprint density at radius 3 is 2.89 bits per heavy atom. The Morgan fingerprint density at radius 1 is 1.37 bits per heavy atom. The molecule has 0 saturated heterocycles. The highest BCUT2D eigenvalue weighted by Gasteiger charge is 2.09. The zero-order chi connectivity index (χ0) is 13.8. The van der Waals surface area contributed by atoms with E-state index in [2.05, 4.69) is 22.2 Å². The Kier molecular flexibility index (Phi) is 4.56. The number of hydrogen-bond donors (Lipinski definition) is 2. The summed E-state index contributed by atoms with van der Waals surface area (Å²) in [5, 5.41) is 13.9. The van der Waals surface area contributed by atoms with E-state index in [1.165, 1.54) is 0 Å². The maximum Gasteiger partial charge on any atom is 0.137 e. The average molecular weight is 280 g/mol. The highest BCUT2D eigenvalue weighted by Crippen LogP contribution is 2.24. The van der Waals surface area contributed by atoms with Crippen LogP contribution in [0.15, 0.2) is 18.2 Å². The van der Waals surface area contributed by atoms with Gasteiger partial charge in [-0.2, -0.15) is 0 Å². The van der Waals surface area contributed by atoms with Crippen LogP contribution in [0.2, 0.25) is 5.02 Å². The van der Waals surface area contributed by atoms with Crippen molar-refractivity contribution in [2.75, 3.05) is 11.9 Å². The molecule has 0 spiro atoms. The predicted molar refractivity (Wildman–Crippen MR) is 78.7 cm³/mol. The molecule has 0 amide bonds. The monoisotopic (exact) mass is 279 g/mol. The lowest BCUT2D eigenvalue weighted by molar-refractivity contribution is 0.282. The third-order valence-corrected chi connectivity index (χ3v) is 3.18. The highest BCUT2D eigenvalue weighted by molar-refractivity contribution is 6.31. The Balaban J connectivity index is 2.31. The van der Waals surface area contributed by atoms with Gasteiger partial charge >= 0.3 is 0 Å². The van der Waals surface area contributed by atoms with Crippen LogP contribution < -0.4 is 5.32 Å². The maximum atomic E-state index is 8.86. The first kappa shape index (κ1) is 14.0. The largest absolute Gasteiger partial charge is 0.396 e. The molecule has 0 saturated carbocycles. The molecule has 1 heterocycles. The summed E-state index contributed by atoms with van der Waals surface area (Å²) in [6.07, 6.45) is 1.68. The summed E-state index contributed by atoms with van der Waals surface area (Å²) in [7, 11) is 0. The topological polar surface area (TPSA) is 58.0 Å². The number of anilines is 1. The van der Waals surface area contributed by atoms with Crippen LogP contribution in [0.3, 0.4) is 0 Å². The number of halogens is 1. The van der Waals surface area contributed by atoms with Gasteiger partial charge in [-0.3, -0.25) is 0 Å². The number of nitrogens with one attached hydrogen (secondary N) is 1. The van der Waals surface area contributed by atoms with E-state index in [0.29, 0.717) is 10.8 Å². The van der Waals surface area contributed by atoms with Crippen LogP contribution in [0.1, 0.15) is 25.6 Å². The van der Waals surface area contributed by atoms with Gasteiger partial charge in [-0.05, 0) is 44.9 Å². The van der Waals surface area contributed by atoms with Crippen LogP contribution >= 0.6 is 11.6 Å². The number of benzene rings is 1. The Hall–Kier alpha value is -1.39. The van der Waals surface area contributed by atoms with E-state index in [9.17, 15) is 0 Å². The number of fused-ring (bicyclic) bond motifs is 1. The highest BCUT2D eigenvalue weighted by atomic mass is 35.5. The molecule has 0 aliphatic rings. The second kappa shape index (κ2) is 6.17. The van der Waals surface area contributed by atoms with Crippen LogP contribution in [-0.4, -0.2) is 27.7 Å². The predicted octanol–water partition coefficient (Wildman–Crippen LogP) is 3.16. The fraction of sp³-hybridized carbons (Fsp3) is 0.429. The number of hydrogen-bond acceptors (Lipinski definition) is 4. The Bertz CT molecular complexity index is 569. The molecular weight excluding hydrogens is 262 g/mol. The number of aromatic nitrogens is 2. The molecule has 1 aromatic heterocycles. The summed E-state index contributed by atoms with van der Waals surface area (Å²) < 4.78 is 0. The van der Waals surface area contributed by atoms with E-state index in [4.69, 9.17) is 16.7 Å². The quantitative estimate of drug-likeness (QED) is 0.883. The third-order valence-electron chi connectivity index (χ3n) is 2.95. The average Bonchev–Trinajstić information content (AvgIpc) is 2.35. The number of aryl methyl sites for hydroxylation is 1. The molecule has 2 N–H and O–H groups in total. The Labute approximate surface area is 117 Å². The Morgan fingerprint density at radius 2 is 2.16 bits per heavy atom. The molecule has 0 aliphatic heterocycles. The van der Waals surface area contributed by atoms with Crippen LogP contribution in [0.4, 0.5) is 5.82 Å². The minimum Gasteiger partial charge on any atom is -0.396 e. The number of rotatable bonds is 5. The van der Waals surface area contributed by atoms with Crippen molar-refractivity contribution in [1.82, 2.24) is 9.97 Å². The fourth-order valence-corrected chi connectivity index (χ4v) is 2.20. The van der Waals surface area contributed by atoms with Gasteiger partial charge in [0.1, 0.15) is 11.6 Å². The zero-order valence-corrected chi connectivity index (χ0v) is 11.9. The van der Waals surface area contributed by atoms with Crippen molar-refractivity contribution in [1.29, 1.82) is 0 Å². The first-order valence-corrected chi connectivity index (χ1v) is 6.79. The van der Waals surface area contributed by atoms with Crippen LogP contribution in [0.25, 0.3) is 10.9 Å². The van der Waals surface area contributed by atoms with Crippen molar-refractivity contribution >= 4 is 28.3 Å². The van der Waals surface area contributed by atoms with E-state index in [1.54, 1.807) is 0 Å². The van der Waals surface area contributed by atoms with Crippen LogP contribution in [0, 0.1) is 6.92 Å². The van der Waals surface area contributed by atoms with Gasteiger partial charge < -0.3 is 10.4 Å². The molecular formula is C14H18ClN3O. The molecule has 0 radical (unpaired) electrons. The second-order valence-corrected chi connectivity index (χ2v) is 5.13. The lowest BCUT2D eigenvalue weighted by Crippen LogP contribution is -2.17. The van der Waals surface area contributed by atoms with Crippen molar-refractivity contribution < 1.29 is 5.11 Å². The second-order valence-electron chi connectivity index (χ2n) is 4.69. The van der Waals surface area contributed by atoms with Gasteiger partial charge in [0.2, 0.25) is 0 Å². The lowest BCUT2D eigenvalue weighted by atomic mass is 10.1. The molecule has 0 aliphatic carbocycles. The van der Waals surface area contributed by atoms with Gasteiger partial charge in [-0.25, -0.2) is 9.97 Å². The summed E-state index contributed by atoms with van der Waals surface area (Å²) in [6.45, 7) is 4.16. The molecule has 102 valence electrons. The standard InChI is InChI=1S/C14H18ClN3O/c1-9(4-3-7-19)16-14-12-6-5-11(15)8-13(12)17-10(2)18-14/h5-6,8-9,19H,3-4,7H2,1-2H3,(H,16,17,18). The van der Waals surface area contributed by atoms with Crippen LogP contribution in [0.5, 0.6) is 0 Å². The van der Waals surface area contributed by atoms with Gasteiger partial charge in [0, 0.05) is 23.1 Å². The third kappa shape index (κ3) is 3.55. The van der Waals surface area contributed by atoms with Crippen molar-refractivity contribution in [2.45, 2.75) is 32.7 Å². The minimum atomic E-state index is 0.213. The fourth-order valence-electron chi connectivity index (χ4n) is 2.03. The molecule has 1 atom stereocenters. The zero-order valence-electron chi connectivity index (χ0n) is 11.2. The van der Waals surface area contributed by atoms with Crippen molar-refractivity contribution in [3.8, 4) is 0 Å². The molecule has 1 unspecified atom stereocenters. The molecule has 0 fully saturated rings. The summed E-state index contributed by atoms with van der Waals surface area (Å²) in [5.41, 5.74) is 0.844. The van der Waals surface area contributed by atoms with Gasteiger partial charge in [0.15, 0.2) is 0 Å². The smallest absolute Gasteiger partial charge is 0.137 e. The minimum absolute atomic E-state index is 0.213. The van der Waals surface area contributed by atoms with Crippen molar-refractivity contribution in [3.05, 3.63) is 29.0 Å². The number of nitrogens with zero attached hydrogens (tertiary/aromatic N) is 2. The van der Waals surface area contributed by atoms with Gasteiger partial charge in [-0.1, -0.05) is 11.6 Å². The molecule has 19 heavy (non-hydrogen) atoms.